The molecule has 0 aliphatic carbocycles. The van der Waals surface area contributed by atoms with E-state index in [0.29, 0.717) is 15.8 Å². The van der Waals surface area contributed by atoms with Crippen molar-refractivity contribution in [3.63, 3.8) is 0 Å². The van der Waals surface area contributed by atoms with E-state index in [0.717, 1.165) is 15.6 Å². The van der Waals surface area contributed by atoms with E-state index >= 15 is 0 Å². The average molecular weight is 456 g/mol. The SMILES string of the molecule is Cc1cc(Br)cc(C)c1OCC(=O)NNC(=O)c1ccccc1Br. The molecule has 0 heterocycles. The smallest absolute Gasteiger partial charge is 0.276 e. The van der Waals surface area contributed by atoms with Gasteiger partial charge < -0.3 is 4.74 Å². The number of hydrazine groups is 1. The third-order valence-corrected chi connectivity index (χ3v) is 4.36. The van der Waals surface area contributed by atoms with E-state index < -0.39 is 11.8 Å². The van der Waals surface area contributed by atoms with Crippen LogP contribution in [0.1, 0.15) is 21.5 Å². The molecule has 0 atom stereocenters. The predicted molar refractivity (Wildman–Crippen MR) is 98.9 cm³/mol. The Labute approximate surface area is 157 Å². The number of carbonyl (C=O) groups is 2. The molecule has 2 amide bonds. The van der Waals surface area contributed by atoms with Crippen molar-refractivity contribution >= 4 is 43.7 Å². The molecule has 2 rings (SSSR count). The van der Waals surface area contributed by atoms with Gasteiger partial charge >= 0.3 is 0 Å². The minimum absolute atomic E-state index is 0.195. The van der Waals surface area contributed by atoms with Crippen molar-refractivity contribution in [1.82, 2.24) is 10.9 Å². The summed E-state index contributed by atoms with van der Waals surface area (Å²) >= 11 is 6.69. The summed E-state index contributed by atoms with van der Waals surface area (Å²) in [4.78, 5) is 23.8. The number of benzene rings is 2. The van der Waals surface area contributed by atoms with Crippen LogP contribution in [0.15, 0.2) is 45.3 Å². The van der Waals surface area contributed by atoms with Crippen LogP contribution in [0.25, 0.3) is 0 Å². The second-order valence-electron chi connectivity index (χ2n) is 5.14. The van der Waals surface area contributed by atoms with Crippen LogP contribution in [-0.2, 0) is 4.79 Å². The molecule has 0 aliphatic heterocycles. The maximum absolute atomic E-state index is 12.0. The van der Waals surface area contributed by atoms with Crippen LogP contribution in [0, 0.1) is 13.8 Å². The van der Waals surface area contributed by atoms with Crippen LogP contribution < -0.4 is 15.6 Å². The Morgan fingerprint density at radius 2 is 1.67 bits per heavy atom. The molecule has 0 saturated carbocycles. The number of hydrogen-bond acceptors (Lipinski definition) is 3. The second kappa shape index (κ2) is 8.30. The van der Waals surface area contributed by atoms with Gasteiger partial charge in [-0.3, -0.25) is 20.4 Å². The molecule has 0 aliphatic rings. The summed E-state index contributed by atoms with van der Waals surface area (Å²) in [5.74, 6) is -0.200. The van der Waals surface area contributed by atoms with E-state index in [-0.39, 0.29) is 6.61 Å². The van der Waals surface area contributed by atoms with Gasteiger partial charge in [-0.1, -0.05) is 28.1 Å². The zero-order valence-corrected chi connectivity index (χ0v) is 16.3. The molecule has 126 valence electrons. The fraction of sp³-hybridized carbons (Fsp3) is 0.176. The highest BCUT2D eigenvalue weighted by Gasteiger charge is 2.12. The van der Waals surface area contributed by atoms with E-state index in [1.54, 1.807) is 24.3 Å². The lowest BCUT2D eigenvalue weighted by atomic mass is 10.1. The first kappa shape index (κ1) is 18.5. The number of halogens is 2. The molecule has 2 aromatic carbocycles. The van der Waals surface area contributed by atoms with Crippen molar-refractivity contribution < 1.29 is 14.3 Å². The van der Waals surface area contributed by atoms with Gasteiger partial charge in [0.25, 0.3) is 11.8 Å². The maximum Gasteiger partial charge on any atom is 0.276 e. The Kier molecular flexibility index (Phi) is 6.39. The van der Waals surface area contributed by atoms with Gasteiger partial charge in [0.05, 0.1) is 5.56 Å². The largest absolute Gasteiger partial charge is 0.483 e. The Hall–Kier alpha value is -1.86. The predicted octanol–water partition coefficient (Wildman–Crippen LogP) is 3.67. The first-order chi connectivity index (χ1) is 11.4. The summed E-state index contributed by atoms with van der Waals surface area (Å²) in [6.07, 6.45) is 0. The molecule has 0 unspecified atom stereocenters. The van der Waals surface area contributed by atoms with Crippen LogP contribution in [0.3, 0.4) is 0 Å². The Morgan fingerprint density at radius 1 is 1.04 bits per heavy atom. The van der Waals surface area contributed by atoms with Gasteiger partial charge in [-0.2, -0.15) is 0 Å². The number of ether oxygens (including phenoxy) is 1. The average Bonchev–Trinajstić information content (AvgIpc) is 2.52. The van der Waals surface area contributed by atoms with Crippen molar-refractivity contribution in [2.75, 3.05) is 6.61 Å². The molecule has 2 N–H and O–H groups in total. The van der Waals surface area contributed by atoms with Gasteiger partial charge in [0, 0.05) is 8.95 Å². The highest BCUT2D eigenvalue weighted by molar-refractivity contribution is 9.10. The molecule has 2 aromatic rings. The zero-order chi connectivity index (χ0) is 17.7. The lowest BCUT2D eigenvalue weighted by Crippen LogP contribution is -2.44. The van der Waals surface area contributed by atoms with Crippen molar-refractivity contribution in [2.24, 2.45) is 0 Å². The number of rotatable bonds is 4. The number of amides is 2. The number of aryl methyl sites for hydroxylation is 2. The van der Waals surface area contributed by atoms with Crippen LogP contribution in [0.2, 0.25) is 0 Å². The third-order valence-electron chi connectivity index (χ3n) is 3.21. The van der Waals surface area contributed by atoms with Gasteiger partial charge in [0.2, 0.25) is 0 Å². The van der Waals surface area contributed by atoms with Gasteiger partial charge in [-0.25, -0.2) is 0 Å². The van der Waals surface area contributed by atoms with Crippen LogP contribution in [0.5, 0.6) is 5.75 Å². The second-order valence-corrected chi connectivity index (χ2v) is 6.91. The highest BCUT2D eigenvalue weighted by atomic mass is 79.9. The standard InChI is InChI=1S/C17H16Br2N2O3/c1-10-7-12(18)8-11(2)16(10)24-9-15(22)20-21-17(23)13-5-3-4-6-14(13)19/h3-8H,9H2,1-2H3,(H,20,22)(H,21,23). The van der Waals surface area contributed by atoms with Gasteiger partial charge in [0.1, 0.15) is 5.75 Å². The van der Waals surface area contributed by atoms with Crippen molar-refractivity contribution in [1.29, 1.82) is 0 Å². The Balaban J connectivity index is 1.88. The first-order valence-corrected chi connectivity index (χ1v) is 8.70. The normalized spacial score (nSPS) is 10.2. The molecule has 0 spiro atoms. The van der Waals surface area contributed by atoms with Crippen LogP contribution >= 0.6 is 31.9 Å². The summed E-state index contributed by atoms with van der Waals surface area (Å²) < 4.78 is 7.15. The fourth-order valence-corrected chi connectivity index (χ4v) is 3.29. The van der Waals surface area contributed by atoms with Crippen molar-refractivity contribution in [3.05, 3.63) is 62.0 Å². The highest BCUT2D eigenvalue weighted by Crippen LogP contribution is 2.27. The molecule has 24 heavy (non-hydrogen) atoms. The Bertz CT molecular complexity index is 755. The lowest BCUT2D eigenvalue weighted by Gasteiger charge is -2.13. The molecule has 0 fully saturated rings. The molecule has 0 bridgehead atoms. The topological polar surface area (TPSA) is 67.4 Å². The minimum atomic E-state index is -0.447. The van der Waals surface area contributed by atoms with E-state index in [4.69, 9.17) is 4.74 Å². The first-order valence-electron chi connectivity index (χ1n) is 7.11. The van der Waals surface area contributed by atoms with Crippen LogP contribution in [-0.4, -0.2) is 18.4 Å². The van der Waals surface area contributed by atoms with Crippen molar-refractivity contribution in [2.45, 2.75) is 13.8 Å². The van der Waals surface area contributed by atoms with E-state index in [9.17, 15) is 9.59 Å². The minimum Gasteiger partial charge on any atom is -0.483 e. The molecule has 5 nitrogen and oxygen atoms in total. The molecule has 0 saturated heterocycles. The summed E-state index contributed by atoms with van der Waals surface area (Å²) in [6.45, 7) is 3.61. The van der Waals surface area contributed by atoms with Crippen LogP contribution in [0.4, 0.5) is 0 Å². The molecule has 0 radical (unpaired) electrons. The third kappa shape index (κ3) is 4.82. The molecule has 7 heteroatoms. The van der Waals surface area contributed by atoms with Gasteiger partial charge in [-0.05, 0) is 65.2 Å². The number of nitrogens with one attached hydrogen (secondary N) is 2. The number of carbonyl (C=O) groups excluding carboxylic acids is 2. The van der Waals surface area contributed by atoms with E-state index in [1.165, 1.54) is 0 Å². The van der Waals surface area contributed by atoms with E-state index in [2.05, 4.69) is 42.7 Å². The van der Waals surface area contributed by atoms with Gasteiger partial charge in [-0.15, -0.1) is 0 Å². The summed E-state index contributed by atoms with van der Waals surface area (Å²) in [5.41, 5.74) is 6.97. The van der Waals surface area contributed by atoms with E-state index in [1.807, 2.05) is 26.0 Å². The number of hydrogen-bond donors (Lipinski definition) is 2. The summed E-state index contributed by atoms with van der Waals surface area (Å²) in [7, 11) is 0. The van der Waals surface area contributed by atoms with Crippen molar-refractivity contribution in [3.8, 4) is 5.75 Å². The quantitative estimate of drug-likeness (QED) is 0.691. The molecular formula is C17H16Br2N2O3. The summed E-state index contributed by atoms with van der Waals surface area (Å²) in [5, 5.41) is 0. The monoisotopic (exact) mass is 454 g/mol. The maximum atomic E-state index is 12.0. The molecular weight excluding hydrogens is 440 g/mol. The van der Waals surface area contributed by atoms with Gasteiger partial charge in [0.15, 0.2) is 6.61 Å². The molecule has 0 aromatic heterocycles. The summed E-state index contributed by atoms with van der Waals surface area (Å²) in [6, 6.07) is 10.8. The fourth-order valence-electron chi connectivity index (χ4n) is 2.14. The lowest BCUT2D eigenvalue weighted by molar-refractivity contribution is -0.123. The zero-order valence-electron chi connectivity index (χ0n) is 13.2. The Morgan fingerprint density at radius 3 is 2.29 bits per heavy atom.